The van der Waals surface area contributed by atoms with Crippen molar-refractivity contribution in [2.75, 3.05) is 0 Å². The molecule has 0 spiro atoms. The number of rotatable bonds is 6. The van der Waals surface area contributed by atoms with Gasteiger partial charge in [-0.25, -0.2) is 0 Å². The van der Waals surface area contributed by atoms with Crippen molar-refractivity contribution < 1.29 is 9.53 Å². The number of hydrogen-bond donors (Lipinski definition) is 0. The van der Waals surface area contributed by atoms with Gasteiger partial charge in [0.2, 0.25) is 0 Å². The highest BCUT2D eigenvalue weighted by Gasteiger charge is 2.14. The topological polar surface area (TPSA) is 26.3 Å². The Balaban J connectivity index is 2.05. The van der Waals surface area contributed by atoms with Crippen LogP contribution >= 0.6 is 23.2 Å². The zero-order chi connectivity index (χ0) is 16.1. The summed E-state index contributed by atoms with van der Waals surface area (Å²) in [5, 5.41) is 1.26. The van der Waals surface area contributed by atoms with E-state index >= 15 is 0 Å². The first-order valence-electron chi connectivity index (χ1n) is 7.13. The quantitative estimate of drug-likeness (QED) is 0.650. The first kappa shape index (κ1) is 16.9. The molecular formula is C18H18Cl2O2. The van der Waals surface area contributed by atoms with Crippen molar-refractivity contribution in [1.82, 2.24) is 0 Å². The van der Waals surface area contributed by atoms with Gasteiger partial charge in [0.15, 0.2) is 0 Å². The molecule has 0 bridgehead atoms. The fraction of sp³-hybridized carbons (Fsp3) is 0.278. The van der Waals surface area contributed by atoms with Crippen LogP contribution in [-0.2, 0) is 11.4 Å². The van der Waals surface area contributed by atoms with E-state index in [9.17, 15) is 4.79 Å². The molecule has 0 amide bonds. The third-order valence-electron chi connectivity index (χ3n) is 3.53. The van der Waals surface area contributed by atoms with Crippen LogP contribution in [0, 0.1) is 5.92 Å². The van der Waals surface area contributed by atoms with Crippen LogP contribution in [0.15, 0.2) is 42.5 Å². The molecule has 0 aliphatic rings. The summed E-state index contributed by atoms with van der Waals surface area (Å²) in [4.78, 5) is 11.2. The van der Waals surface area contributed by atoms with Gasteiger partial charge in [-0.05, 0) is 41.8 Å². The van der Waals surface area contributed by atoms with E-state index in [1.807, 2.05) is 38.1 Å². The molecule has 0 saturated carbocycles. The zero-order valence-corrected chi connectivity index (χ0v) is 14.1. The summed E-state index contributed by atoms with van der Waals surface area (Å²) < 4.78 is 5.73. The Morgan fingerprint density at radius 2 is 1.77 bits per heavy atom. The van der Waals surface area contributed by atoms with Crippen molar-refractivity contribution in [1.29, 1.82) is 0 Å². The van der Waals surface area contributed by atoms with Crippen molar-refractivity contribution in [2.24, 2.45) is 5.92 Å². The molecule has 0 N–H and O–H groups in total. The summed E-state index contributed by atoms with van der Waals surface area (Å²) >= 11 is 12.1. The standard InChI is InChI=1S/C18H18Cl2O2/c1-12(2)17(10-21)13-3-6-16(7-4-13)22-11-14-9-15(19)5-8-18(14)20/h3-10,12,17H,11H2,1-2H3. The third kappa shape index (κ3) is 4.25. The Morgan fingerprint density at radius 3 is 2.36 bits per heavy atom. The first-order valence-corrected chi connectivity index (χ1v) is 7.89. The molecule has 4 heteroatoms. The summed E-state index contributed by atoms with van der Waals surface area (Å²) in [6.07, 6.45) is 0.992. The Bertz CT molecular complexity index is 636. The molecule has 116 valence electrons. The number of aldehydes is 1. The molecule has 2 aromatic carbocycles. The molecule has 0 aliphatic carbocycles. The molecule has 0 aromatic heterocycles. The Kier molecular flexibility index (Phi) is 5.87. The van der Waals surface area contributed by atoms with Crippen molar-refractivity contribution in [3.8, 4) is 5.75 Å². The van der Waals surface area contributed by atoms with Crippen LogP contribution in [0.5, 0.6) is 5.75 Å². The maximum absolute atomic E-state index is 11.2. The predicted molar refractivity (Wildman–Crippen MR) is 90.9 cm³/mol. The molecule has 0 fully saturated rings. The average molecular weight is 337 g/mol. The summed E-state index contributed by atoms with van der Waals surface area (Å²) in [6, 6.07) is 12.9. The summed E-state index contributed by atoms with van der Waals surface area (Å²) in [5.41, 5.74) is 1.84. The fourth-order valence-corrected chi connectivity index (χ4v) is 2.59. The van der Waals surface area contributed by atoms with Gasteiger partial charge in [0, 0.05) is 21.5 Å². The number of carbonyl (C=O) groups is 1. The zero-order valence-electron chi connectivity index (χ0n) is 12.6. The molecule has 2 nitrogen and oxygen atoms in total. The van der Waals surface area contributed by atoms with Gasteiger partial charge in [0.25, 0.3) is 0 Å². The molecule has 1 atom stereocenters. The van der Waals surface area contributed by atoms with Crippen LogP contribution in [-0.4, -0.2) is 6.29 Å². The third-order valence-corrected chi connectivity index (χ3v) is 4.14. The highest BCUT2D eigenvalue weighted by molar-refractivity contribution is 6.33. The molecule has 1 unspecified atom stereocenters. The van der Waals surface area contributed by atoms with Gasteiger partial charge in [-0.3, -0.25) is 0 Å². The van der Waals surface area contributed by atoms with Gasteiger partial charge in [-0.15, -0.1) is 0 Å². The van der Waals surface area contributed by atoms with E-state index in [1.165, 1.54) is 0 Å². The minimum absolute atomic E-state index is 0.0866. The van der Waals surface area contributed by atoms with Crippen LogP contribution in [0.3, 0.4) is 0 Å². The second-order valence-corrected chi connectivity index (χ2v) is 6.34. The van der Waals surface area contributed by atoms with E-state index in [1.54, 1.807) is 18.2 Å². The number of carbonyl (C=O) groups excluding carboxylic acids is 1. The Labute approximate surface area is 141 Å². The van der Waals surface area contributed by atoms with Crippen molar-refractivity contribution in [3.05, 3.63) is 63.6 Å². The lowest BCUT2D eigenvalue weighted by Crippen LogP contribution is -2.07. The van der Waals surface area contributed by atoms with Crippen LogP contribution < -0.4 is 4.74 Å². The Hall–Kier alpha value is -1.51. The number of benzene rings is 2. The normalized spacial score (nSPS) is 12.2. The molecule has 2 rings (SSSR count). The molecule has 22 heavy (non-hydrogen) atoms. The average Bonchev–Trinajstić information content (AvgIpc) is 2.50. The van der Waals surface area contributed by atoms with Crippen molar-refractivity contribution >= 4 is 29.5 Å². The van der Waals surface area contributed by atoms with Gasteiger partial charge in [-0.1, -0.05) is 49.2 Å². The van der Waals surface area contributed by atoms with E-state index in [-0.39, 0.29) is 11.8 Å². The molecule has 0 aliphatic heterocycles. The lowest BCUT2D eigenvalue weighted by Gasteiger charge is -2.15. The summed E-state index contributed by atoms with van der Waals surface area (Å²) in [5.74, 6) is 0.916. The van der Waals surface area contributed by atoms with Crippen LogP contribution in [0.4, 0.5) is 0 Å². The smallest absolute Gasteiger partial charge is 0.127 e. The van der Waals surface area contributed by atoms with Crippen LogP contribution in [0.1, 0.15) is 30.9 Å². The molecule has 0 heterocycles. The van der Waals surface area contributed by atoms with E-state index in [2.05, 4.69) is 0 Å². The van der Waals surface area contributed by atoms with E-state index in [0.717, 1.165) is 23.2 Å². The monoisotopic (exact) mass is 336 g/mol. The maximum atomic E-state index is 11.2. The second-order valence-electron chi connectivity index (χ2n) is 5.50. The molecule has 0 saturated heterocycles. The van der Waals surface area contributed by atoms with E-state index < -0.39 is 0 Å². The first-order chi connectivity index (χ1) is 10.5. The van der Waals surface area contributed by atoms with Crippen LogP contribution in [0.25, 0.3) is 0 Å². The van der Waals surface area contributed by atoms with Crippen molar-refractivity contribution in [2.45, 2.75) is 26.4 Å². The highest BCUT2D eigenvalue weighted by Crippen LogP contribution is 2.26. The maximum Gasteiger partial charge on any atom is 0.127 e. The largest absolute Gasteiger partial charge is 0.489 e. The van der Waals surface area contributed by atoms with Crippen LogP contribution in [0.2, 0.25) is 10.0 Å². The van der Waals surface area contributed by atoms with Gasteiger partial charge >= 0.3 is 0 Å². The van der Waals surface area contributed by atoms with E-state index in [4.69, 9.17) is 27.9 Å². The van der Waals surface area contributed by atoms with Crippen molar-refractivity contribution in [3.63, 3.8) is 0 Å². The molecule has 2 aromatic rings. The fourth-order valence-electron chi connectivity index (χ4n) is 2.22. The van der Waals surface area contributed by atoms with Gasteiger partial charge < -0.3 is 9.53 Å². The predicted octanol–water partition coefficient (Wildman–Crippen LogP) is 5.51. The minimum Gasteiger partial charge on any atom is -0.489 e. The van der Waals surface area contributed by atoms with E-state index in [0.29, 0.717) is 16.7 Å². The number of halogens is 2. The molecule has 0 radical (unpaired) electrons. The number of ether oxygens (including phenoxy) is 1. The minimum atomic E-state index is -0.0866. The Morgan fingerprint density at radius 1 is 1.09 bits per heavy atom. The number of hydrogen-bond acceptors (Lipinski definition) is 2. The van der Waals surface area contributed by atoms with Gasteiger partial charge in [0.05, 0.1) is 0 Å². The molecular weight excluding hydrogens is 319 g/mol. The lowest BCUT2D eigenvalue weighted by molar-refractivity contribution is -0.109. The summed E-state index contributed by atoms with van der Waals surface area (Å²) in [7, 11) is 0. The summed E-state index contributed by atoms with van der Waals surface area (Å²) in [6.45, 7) is 4.41. The second kappa shape index (κ2) is 7.66. The lowest BCUT2D eigenvalue weighted by atomic mass is 9.90. The SMILES string of the molecule is CC(C)C(C=O)c1ccc(OCc2cc(Cl)ccc2Cl)cc1. The van der Waals surface area contributed by atoms with Gasteiger partial charge in [-0.2, -0.15) is 0 Å². The highest BCUT2D eigenvalue weighted by atomic mass is 35.5. The van der Waals surface area contributed by atoms with Gasteiger partial charge in [0.1, 0.15) is 18.6 Å².